The zero-order valence-corrected chi connectivity index (χ0v) is 11.3. The van der Waals surface area contributed by atoms with Gasteiger partial charge in [-0.3, -0.25) is 4.79 Å². The molecular weight excluding hydrogens is 254 g/mol. The molecule has 1 heterocycles. The molecular formula is C12H17NO2S2. The number of hydrogen-bond acceptors (Lipinski definition) is 4. The molecule has 17 heavy (non-hydrogen) atoms. The van der Waals surface area contributed by atoms with Crippen LogP contribution in [0.25, 0.3) is 0 Å². The Labute approximate surface area is 110 Å². The fourth-order valence-electron chi connectivity index (χ4n) is 2.01. The van der Waals surface area contributed by atoms with Crippen molar-refractivity contribution in [3.8, 4) is 0 Å². The molecule has 1 amide bonds. The van der Waals surface area contributed by atoms with Crippen LogP contribution in [0.1, 0.15) is 25.7 Å². The van der Waals surface area contributed by atoms with Crippen LogP contribution in [0, 0.1) is 0 Å². The molecule has 1 aliphatic rings. The van der Waals surface area contributed by atoms with Gasteiger partial charge in [0.15, 0.2) is 0 Å². The SMILES string of the molecule is O=C(CSc1cccs1)NCC1(O)CCCC1. The summed E-state index contributed by atoms with van der Waals surface area (Å²) in [5, 5.41) is 14.9. The molecule has 94 valence electrons. The van der Waals surface area contributed by atoms with E-state index in [0.717, 1.165) is 29.9 Å². The number of thioether (sulfide) groups is 1. The van der Waals surface area contributed by atoms with Crippen molar-refractivity contribution in [3.63, 3.8) is 0 Å². The Kier molecular flexibility index (Phi) is 4.48. The second-order valence-corrected chi connectivity index (χ2v) is 6.65. The molecule has 2 N–H and O–H groups in total. The van der Waals surface area contributed by atoms with Crippen molar-refractivity contribution < 1.29 is 9.90 Å². The van der Waals surface area contributed by atoms with Gasteiger partial charge in [-0.15, -0.1) is 23.1 Å². The van der Waals surface area contributed by atoms with Crippen molar-refractivity contribution in [2.45, 2.75) is 35.5 Å². The largest absolute Gasteiger partial charge is 0.388 e. The van der Waals surface area contributed by atoms with Gasteiger partial charge in [0.1, 0.15) is 0 Å². The molecule has 5 heteroatoms. The molecule has 0 spiro atoms. The summed E-state index contributed by atoms with van der Waals surface area (Å²) in [6.45, 7) is 0.400. The highest BCUT2D eigenvalue weighted by atomic mass is 32.2. The number of carbonyl (C=O) groups excluding carboxylic acids is 1. The van der Waals surface area contributed by atoms with E-state index >= 15 is 0 Å². The lowest BCUT2D eigenvalue weighted by Crippen LogP contribution is -2.41. The number of carbonyl (C=O) groups is 1. The van der Waals surface area contributed by atoms with E-state index in [1.165, 1.54) is 0 Å². The summed E-state index contributed by atoms with van der Waals surface area (Å²) >= 11 is 3.18. The highest BCUT2D eigenvalue weighted by molar-refractivity contribution is 8.01. The molecule has 1 aliphatic carbocycles. The molecule has 0 bridgehead atoms. The molecule has 1 saturated carbocycles. The molecule has 1 aromatic heterocycles. The summed E-state index contributed by atoms with van der Waals surface area (Å²) in [5.74, 6) is 0.431. The molecule has 0 saturated heterocycles. The molecule has 0 atom stereocenters. The van der Waals surface area contributed by atoms with Gasteiger partial charge in [-0.1, -0.05) is 18.9 Å². The van der Waals surface area contributed by atoms with Crippen LogP contribution < -0.4 is 5.32 Å². The molecule has 0 radical (unpaired) electrons. The van der Waals surface area contributed by atoms with Crippen LogP contribution in [0.3, 0.4) is 0 Å². The Morgan fingerprint density at radius 3 is 2.94 bits per heavy atom. The lowest BCUT2D eigenvalue weighted by Gasteiger charge is -2.22. The number of amides is 1. The zero-order chi connectivity index (χ0) is 12.1. The Hall–Kier alpha value is -0.520. The van der Waals surface area contributed by atoms with E-state index in [2.05, 4.69) is 5.32 Å². The summed E-state index contributed by atoms with van der Waals surface area (Å²) in [5.41, 5.74) is -0.650. The number of hydrogen-bond donors (Lipinski definition) is 2. The smallest absolute Gasteiger partial charge is 0.230 e. The average Bonchev–Trinajstić information content (AvgIpc) is 2.95. The van der Waals surface area contributed by atoms with E-state index in [9.17, 15) is 9.90 Å². The molecule has 1 fully saturated rings. The van der Waals surface area contributed by atoms with Gasteiger partial charge in [0, 0.05) is 6.54 Å². The number of thiophene rings is 1. The molecule has 0 unspecified atom stereocenters. The lowest BCUT2D eigenvalue weighted by molar-refractivity contribution is -0.119. The third kappa shape index (κ3) is 4.01. The second kappa shape index (κ2) is 5.89. The Morgan fingerprint density at radius 1 is 1.53 bits per heavy atom. The van der Waals surface area contributed by atoms with Gasteiger partial charge in [-0.25, -0.2) is 0 Å². The summed E-state index contributed by atoms with van der Waals surface area (Å²) in [6.07, 6.45) is 3.75. The number of aliphatic hydroxyl groups is 1. The highest BCUT2D eigenvalue weighted by Gasteiger charge is 2.31. The maximum Gasteiger partial charge on any atom is 0.230 e. The molecule has 0 aliphatic heterocycles. The predicted molar refractivity (Wildman–Crippen MR) is 71.5 cm³/mol. The summed E-state index contributed by atoms with van der Waals surface area (Å²) in [6, 6.07) is 3.99. The first-order chi connectivity index (χ1) is 8.18. The Bertz CT molecular complexity index is 359. The van der Waals surface area contributed by atoms with E-state index in [4.69, 9.17) is 0 Å². The van der Waals surface area contributed by atoms with E-state index in [1.54, 1.807) is 23.1 Å². The molecule has 3 nitrogen and oxygen atoms in total. The van der Waals surface area contributed by atoms with Crippen molar-refractivity contribution in [1.29, 1.82) is 0 Å². The van der Waals surface area contributed by atoms with E-state index in [0.29, 0.717) is 12.3 Å². The lowest BCUT2D eigenvalue weighted by atomic mass is 10.0. The second-order valence-electron chi connectivity index (χ2n) is 4.43. The van der Waals surface area contributed by atoms with Crippen molar-refractivity contribution in [3.05, 3.63) is 17.5 Å². The summed E-state index contributed by atoms with van der Waals surface area (Å²) in [4.78, 5) is 11.6. The quantitative estimate of drug-likeness (QED) is 0.808. The van der Waals surface area contributed by atoms with Crippen molar-refractivity contribution in [1.82, 2.24) is 5.32 Å². The first-order valence-corrected chi connectivity index (χ1v) is 7.70. The van der Waals surface area contributed by atoms with Crippen LogP contribution >= 0.6 is 23.1 Å². The minimum atomic E-state index is -0.650. The molecule has 2 rings (SSSR count). The minimum absolute atomic E-state index is 0.00345. The first kappa shape index (κ1) is 12.9. The normalized spacial score (nSPS) is 18.2. The monoisotopic (exact) mass is 271 g/mol. The van der Waals surface area contributed by atoms with Gasteiger partial charge in [0.2, 0.25) is 5.91 Å². The number of rotatable bonds is 5. The van der Waals surface area contributed by atoms with Crippen LogP contribution in [-0.4, -0.2) is 28.9 Å². The van der Waals surface area contributed by atoms with Crippen LogP contribution in [0.5, 0.6) is 0 Å². The number of nitrogens with one attached hydrogen (secondary N) is 1. The van der Waals surface area contributed by atoms with Gasteiger partial charge in [-0.05, 0) is 24.3 Å². The highest BCUT2D eigenvalue weighted by Crippen LogP contribution is 2.28. The minimum Gasteiger partial charge on any atom is -0.388 e. The first-order valence-electron chi connectivity index (χ1n) is 5.83. The zero-order valence-electron chi connectivity index (χ0n) is 9.65. The molecule has 0 aromatic carbocycles. The van der Waals surface area contributed by atoms with Crippen molar-refractivity contribution in [2.24, 2.45) is 0 Å². The summed E-state index contributed by atoms with van der Waals surface area (Å²) in [7, 11) is 0. The Morgan fingerprint density at radius 2 is 2.29 bits per heavy atom. The van der Waals surface area contributed by atoms with Crippen LogP contribution in [-0.2, 0) is 4.79 Å². The van der Waals surface area contributed by atoms with Gasteiger partial charge in [0.05, 0.1) is 15.6 Å². The fraction of sp³-hybridized carbons (Fsp3) is 0.583. The van der Waals surface area contributed by atoms with E-state index in [-0.39, 0.29) is 5.91 Å². The van der Waals surface area contributed by atoms with Gasteiger partial charge in [-0.2, -0.15) is 0 Å². The van der Waals surface area contributed by atoms with Gasteiger partial charge < -0.3 is 10.4 Å². The van der Waals surface area contributed by atoms with Crippen LogP contribution in [0.4, 0.5) is 0 Å². The van der Waals surface area contributed by atoms with Crippen molar-refractivity contribution in [2.75, 3.05) is 12.3 Å². The maximum absolute atomic E-state index is 11.6. The molecule has 1 aromatic rings. The van der Waals surface area contributed by atoms with Gasteiger partial charge in [0.25, 0.3) is 0 Å². The topological polar surface area (TPSA) is 49.3 Å². The maximum atomic E-state index is 11.6. The average molecular weight is 271 g/mol. The van der Waals surface area contributed by atoms with E-state index in [1.807, 2.05) is 17.5 Å². The summed E-state index contributed by atoms with van der Waals surface area (Å²) < 4.78 is 1.15. The standard InChI is InChI=1S/C12H17NO2S2/c14-10(8-17-11-4-3-7-16-11)13-9-12(15)5-1-2-6-12/h3-4,7,15H,1-2,5-6,8-9H2,(H,13,14). The third-order valence-corrected chi connectivity index (χ3v) is 5.12. The third-order valence-electron chi connectivity index (χ3n) is 2.99. The van der Waals surface area contributed by atoms with E-state index < -0.39 is 5.60 Å². The predicted octanol–water partition coefficient (Wildman–Crippen LogP) is 2.26. The van der Waals surface area contributed by atoms with Crippen LogP contribution in [0.15, 0.2) is 21.7 Å². The van der Waals surface area contributed by atoms with Crippen molar-refractivity contribution >= 4 is 29.0 Å². The Balaban J connectivity index is 1.67. The van der Waals surface area contributed by atoms with Gasteiger partial charge >= 0.3 is 0 Å². The fourth-order valence-corrected chi connectivity index (χ4v) is 3.62. The van der Waals surface area contributed by atoms with Crippen LogP contribution in [0.2, 0.25) is 0 Å².